The zero-order chi connectivity index (χ0) is 21.0. The fraction of sp³-hybridized carbons (Fsp3) is 0.391. The van der Waals surface area contributed by atoms with E-state index in [4.69, 9.17) is 10.6 Å². The van der Waals surface area contributed by atoms with E-state index in [2.05, 4.69) is 81.2 Å². The van der Waals surface area contributed by atoms with Crippen LogP contribution < -0.4 is 10.6 Å². The van der Waals surface area contributed by atoms with Gasteiger partial charge in [-0.1, -0.05) is 82.8 Å². The summed E-state index contributed by atoms with van der Waals surface area (Å²) in [6.07, 6.45) is 0. The van der Waals surface area contributed by atoms with Crippen LogP contribution in [0.2, 0.25) is 0 Å². The van der Waals surface area contributed by atoms with Crippen molar-refractivity contribution in [3.05, 3.63) is 71.0 Å². The Morgan fingerprint density at radius 3 is 2.24 bits per heavy atom. The molecule has 0 unspecified atom stereocenters. The topological polar surface area (TPSA) is 66.0 Å². The van der Waals surface area contributed by atoms with Crippen molar-refractivity contribution in [2.75, 3.05) is 5.84 Å². The van der Waals surface area contributed by atoms with Crippen LogP contribution >= 0.6 is 11.8 Å². The molecule has 5 nitrogen and oxygen atoms in total. The summed E-state index contributed by atoms with van der Waals surface area (Å²) >= 11 is 1.57. The second kappa shape index (κ2) is 8.91. The van der Waals surface area contributed by atoms with Crippen LogP contribution in [0.3, 0.4) is 0 Å². The predicted molar refractivity (Wildman–Crippen MR) is 120 cm³/mol. The average molecular weight is 411 g/mol. The molecule has 29 heavy (non-hydrogen) atoms. The van der Waals surface area contributed by atoms with Crippen molar-refractivity contribution < 1.29 is 4.74 Å². The van der Waals surface area contributed by atoms with E-state index in [9.17, 15) is 0 Å². The number of hydrogen-bond acceptors (Lipinski definition) is 5. The van der Waals surface area contributed by atoms with Gasteiger partial charge in [0.25, 0.3) is 0 Å². The largest absolute Gasteiger partial charge is 0.486 e. The summed E-state index contributed by atoms with van der Waals surface area (Å²) in [4.78, 5) is 0. The molecule has 1 aromatic heterocycles. The minimum absolute atomic E-state index is 0.160. The summed E-state index contributed by atoms with van der Waals surface area (Å²) in [5.41, 5.74) is 4.00. The number of benzene rings is 2. The Morgan fingerprint density at radius 1 is 1.00 bits per heavy atom. The highest BCUT2D eigenvalue weighted by atomic mass is 32.2. The van der Waals surface area contributed by atoms with E-state index in [0.717, 1.165) is 11.5 Å². The summed E-state index contributed by atoms with van der Waals surface area (Å²) in [6.45, 7) is 11.3. The third kappa shape index (κ3) is 5.54. The molecular weight excluding hydrogens is 380 g/mol. The van der Waals surface area contributed by atoms with Crippen molar-refractivity contribution in [3.63, 3.8) is 0 Å². The Bertz CT molecular complexity index is 925. The molecule has 0 aliphatic rings. The minimum Gasteiger partial charge on any atom is -0.486 e. The maximum absolute atomic E-state index is 6.17. The van der Waals surface area contributed by atoms with Gasteiger partial charge in [0.05, 0.1) is 0 Å². The monoisotopic (exact) mass is 410 g/mol. The number of rotatable bonds is 7. The number of nitrogen functional groups attached to an aromatic ring is 1. The Labute approximate surface area is 177 Å². The molecule has 154 valence electrons. The lowest BCUT2D eigenvalue weighted by atomic mass is 9.87. The molecule has 0 aliphatic carbocycles. The molecule has 0 fully saturated rings. The van der Waals surface area contributed by atoms with Crippen molar-refractivity contribution in [1.82, 2.24) is 14.9 Å². The van der Waals surface area contributed by atoms with Gasteiger partial charge in [0.15, 0.2) is 5.82 Å². The fourth-order valence-electron chi connectivity index (χ4n) is 2.85. The van der Waals surface area contributed by atoms with Crippen molar-refractivity contribution >= 4 is 11.8 Å². The highest BCUT2D eigenvalue weighted by Gasteiger charge is 2.14. The van der Waals surface area contributed by atoms with Gasteiger partial charge < -0.3 is 10.6 Å². The van der Waals surface area contributed by atoms with Crippen LogP contribution in [0.1, 0.15) is 63.1 Å². The molecule has 3 aromatic rings. The predicted octanol–water partition coefficient (Wildman–Crippen LogP) is 5.28. The van der Waals surface area contributed by atoms with Crippen LogP contribution in [0.5, 0.6) is 5.75 Å². The number of nitrogens with zero attached hydrogens (tertiary/aromatic N) is 3. The zero-order valence-corrected chi connectivity index (χ0v) is 18.7. The molecule has 0 aliphatic heterocycles. The molecule has 0 saturated carbocycles. The minimum atomic E-state index is 0.160. The molecule has 0 bridgehead atoms. The molecule has 0 atom stereocenters. The second-order valence-electron chi connectivity index (χ2n) is 8.52. The van der Waals surface area contributed by atoms with E-state index in [1.54, 1.807) is 11.8 Å². The lowest BCUT2D eigenvalue weighted by Crippen LogP contribution is -2.15. The van der Waals surface area contributed by atoms with Gasteiger partial charge in [-0.15, -0.1) is 10.2 Å². The Balaban J connectivity index is 1.56. The van der Waals surface area contributed by atoms with E-state index in [-0.39, 0.29) is 12.0 Å². The number of thioether (sulfide) groups is 1. The van der Waals surface area contributed by atoms with Crippen LogP contribution in [0, 0.1) is 0 Å². The number of hydrogen-bond donors (Lipinski definition) is 1. The Kier molecular flexibility index (Phi) is 6.52. The van der Waals surface area contributed by atoms with Gasteiger partial charge in [0.1, 0.15) is 12.4 Å². The van der Waals surface area contributed by atoms with Gasteiger partial charge in [-0.25, -0.2) is 4.68 Å². The highest BCUT2D eigenvalue weighted by molar-refractivity contribution is 7.98. The summed E-state index contributed by atoms with van der Waals surface area (Å²) in [5, 5.41) is 9.06. The van der Waals surface area contributed by atoms with Crippen LogP contribution in [0.25, 0.3) is 0 Å². The van der Waals surface area contributed by atoms with Crippen molar-refractivity contribution in [2.45, 2.75) is 63.5 Å². The molecule has 1 heterocycles. The normalized spacial score (nSPS) is 11.8. The first kappa shape index (κ1) is 21.2. The van der Waals surface area contributed by atoms with Crippen LogP contribution in [0.15, 0.2) is 53.7 Å². The SMILES string of the molecule is CC(C)c1ccc(OCc2nnc(SCc3ccc(C(C)(C)C)cc3)n2N)cc1. The lowest BCUT2D eigenvalue weighted by Gasteiger charge is -2.19. The number of ether oxygens (including phenoxy) is 1. The zero-order valence-electron chi connectivity index (χ0n) is 17.8. The van der Waals surface area contributed by atoms with Gasteiger partial charge in [-0.3, -0.25) is 0 Å². The Morgan fingerprint density at radius 2 is 1.66 bits per heavy atom. The maximum atomic E-state index is 6.17. The van der Waals surface area contributed by atoms with E-state index < -0.39 is 0 Å². The Hall–Kier alpha value is -2.47. The molecule has 0 amide bonds. The molecule has 0 saturated heterocycles. The van der Waals surface area contributed by atoms with Gasteiger partial charge in [-0.2, -0.15) is 0 Å². The van der Waals surface area contributed by atoms with Crippen LogP contribution in [0.4, 0.5) is 0 Å². The van der Waals surface area contributed by atoms with Crippen molar-refractivity contribution in [2.24, 2.45) is 0 Å². The van der Waals surface area contributed by atoms with Gasteiger partial charge in [-0.05, 0) is 40.2 Å². The van der Waals surface area contributed by atoms with Crippen LogP contribution in [-0.2, 0) is 17.8 Å². The van der Waals surface area contributed by atoms with Crippen molar-refractivity contribution in [3.8, 4) is 5.75 Å². The summed E-state index contributed by atoms with van der Waals surface area (Å²) in [6, 6.07) is 16.8. The van der Waals surface area contributed by atoms with E-state index in [1.165, 1.54) is 21.4 Å². The number of aromatic nitrogens is 3. The van der Waals surface area contributed by atoms with Crippen LogP contribution in [-0.4, -0.2) is 14.9 Å². The standard InChI is InChI=1S/C23H30N4OS/c1-16(2)18-8-12-20(13-9-18)28-14-21-25-26-22(27(21)24)29-15-17-6-10-19(11-7-17)23(3,4)5/h6-13,16H,14-15,24H2,1-5H3. The van der Waals surface area contributed by atoms with E-state index in [1.807, 2.05) is 12.1 Å². The molecule has 3 rings (SSSR count). The van der Waals surface area contributed by atoms with E-state index >= 15 is 0 Å². The molecule has 6 heteroatoms. The molecule has 2 aromatic carbocycles. The molecule has 2 N–H and O–H groups in total. The fourth-order valence-corrected chi connectivity index (χ4v) is 3.68. The smallest absolute Gasteiger partial charge is 0.210 e. The quantitative estimate of drug-likeness (QED) is 0.424. The molecule has 0 radical (unpaired) electrons. The van der Waals surface area contributed by atoms with Crippen molar-refractivity contribution in [1.29, 1.82) is 0 Å². The first-order valence-corrected chi connectivity index (χ1v) is 10.9. The highest BCUT2D eigenvalue weighted by Crippen LogP contribution is 2.25. The summed E-state index contributed by atoms with van der Waals surface area (Å²) < 4.78 is 7.33. The summed E-state index contributed by atoms with van der Waals surface area (Å²) in [5.74, 6) is 8.85. The second-order valence-corrected chi connectivity index (χ2v) is 9.46. The van der Waals surface area contributed by atoms with Gasteiger partial charge in [0, 0.05) is 5.75 Å². The molecular formula is C23H30N4OS. The first-order chi connectivity index (χ1) is 13.7. The third-order valence-electron chi connectivity index (χ3n) is 4.84. The van der Waals surface area contributed by atoms with Gasteiger partial charge >= 0.3 is 0 Å². The maximum Gasteiger partial charge on any atom is 0.210 e. The first-order valence-electron chi connectivity index (χ1n) is 9.88. The summed E-state index contributed by atoms with van der Waals surface area (Å²) in [7, 11) is 0. The molecule has 0 spiro atoms. The van der Waals surface area contributed by atoms with Gasteiger partial charge in [0.2, 0.25) is 5.16 Å². The average Bonchev–Trinajstić information content (AvgIpc) is 3.04. The number of nitrogens with two attached hydrogens (primary N) is 1. The third-order valence-corrected chi connectivity index (χ3v) is 5.85. The lowest BCUT2D eigenvalue weighted by molar-refractivity contribution is 0.291. The van der Waals surface area contributed by atoms with E-state index in [0.29, 0.717) is 16.9 Å².